The maximum atomic E-state index is 12.5. The van der Waals surface area contributed by atoms with Crippen molar-refractivity contribution >= 4 is 29.3 Å². The fourth-order valence-electron chi connectivity index (χ4n) is 3.44. The van der Waals surface area contributed by atoms with Crippen LogP contribution in [0.2, 0.25) is 0 Å². The lowest BCUT2D eigenvalue weighted by atomic mass is 10.1. The van der Waals surface area contributed by atoms with E-state index < -0.39 is 17.9 Å². The average Bonchev–Trinajstić information content (AvgIpc) is 3.18. The monoisotopic (exact) mass is 398 g/mol. The van der Waals surface area contributed by atoms with E-state index in [1.807, 2.05) is 4.90 Å². The zero-order chi connectivity index (χ0) is 21.0. The molecular formula is C21H22N2O6. The lowest BCUT2D eigenvalue weighted by molar-refractivity contribution is -0.139. The summed E-state index contributed by atoms with van der Waals surface area (Å²) in [5.74, 6) is -2.52. The van der Waals surface area contributed by atoms with Gasteiger partial charge in [0.15, 0.2) is 0 Å². The van der Waals surface area contributed by atoms with Gasteiger partial charge in [0, 0.05) is 25.0 Å². The molecule has 0 aromatic heterocycles. The first-order chi connectivity index (χ1) is 14.0. The van der Waals surface area contributed by atoms with Gasteiger partial charge >= 0.3 is 17.9 Å². The predicted molar refractivity (Wildman–Crippen MR) is 107 cm³/mol. The van der Waals surface area contributed by atoms with Crippen LogP contribution in [-0.4, -0.2) is 50.3 Å². The SMILES string of the molecule is COC(=O)C1=C(C(=O)OC)N(c2ccc(N3CCCC3)c(C(=O)O)c2)C=CC=C1. The van der Waals surface area contributed by atoms with E-state index in [0.717, 1.165) is 25.9 Å². The molecule has 0 spiro atoms. The number of hydrogen-bond acceptors (Lipinski definition) is 7. The number of nitrogens with zero attached hydrogens (tertiary/aromatic N) is 2. The molecule has 2 aliphatic rings. The zero-order valence-electron chi connectivity index (χ0n) is 16.3. The molecule has 0 aliphatic carbocycles. The topological polar surface area (TPSA) is 96.4 Å². The van der Waals surface area contributed by atoms with E-state index in [1.165, 1.54) is 31.3 Å². The van der Waals surface area contributed by atoms with Gasteiger partial charge in [0.2, 0.25) is 0 Å². The van der Waals surface area contributed by atoms with E-state index in [0.29, 0.717) is 11.4 Å². The summed E-state index contributed by atoms with van der Waals surface area (Å²) < 4.78 is 9.66. The summed E-state index contributed by atoms with van der Waals surface area (Å²) in [6, 6.07) is 4.93. The van der Waals surface area contributed by atoms with Crippen LogP contribution in [0.15, 0.2) is 53.9 Å². The molecule has 2 heterocycles. The Bertz CT molecular complexity index is 925. The zero-order valence-corrected chi connectivity index (χ0v) is 16.3. The van der Waals surface area contributed by atoms with Crippen molar-refractivity contribution in [3.05, 3.63) is 59.5 Å². The molecule has 29 heavy (non-hydrogen) atoms. The normalized spacial score (nSPS) is 16.1. The molecular weight excluding hydrogens is 376 g/mol. The van der Waals surface area contributed by atoms with Gasteiger partial charge in [-0.1, -0.05) is 6.08 Å². The van der Waals surface area contributed by atoms with Crippen molar-refractivity contribution in [1.29, 1.82) is 0 Å². The van der Waals surface area contributed by atoms with E-state index in [9.17, 15) is 19.5 Å². The van der Waals surface area contributed by atoms with Gasteiger partial charge in [-0.15, -0.1) is 0 Å². The van der Waals surface area contributed by atoms with Crippen molar-refractivity contribution in [2.45, 2.75) is 12.8 Å². The van der Waals surface area contributed by atoms with Gasteiger partial charge in [0.1, 0.15) is 5.70 Å². The third-order valence-electron chi connectivity index (χ3n) is 4.82. The number of carboxylic acids is 1. The Morgan fingerprint density at radius 2 is 1.69 bits per heavy atom. The van der Waals surface area contributed by atoms with Gasteiger partial charge in [0.05, 0.1) is 31.0 Å². The number of ether oxygens (including phenoxy) is 2. The first-order valence-corrected chi connectivity index (χ1v) is 9.15. The molecule has 1 aromatic rings. The van der Waals surface area contributed by atoms with Crippen LogP contribution in [0.3, 0.4) is 0 Å². The number of anilines is 2. The quantitative estimate of drug-likeness (QED) is 0.756. The maximum Gasteiger partial charge on any atom is 0.355 e. The van der Waals surface area contributed by atoms with Crippen molar-refractivity contribution in [1.82, 2.24) is 0 Å². The summed E-state index contributed by atoms with van der Waals surface area (Å²) in [5, 5.41) is 9.75. The van der Waals surface area contributed by atoms with Crippen LogP contribution in [0.1, 0.15) is 23.2 Å². The van der Waals surface area contributed by atoms with E-state index in [4.69, 9.17) is 9.47 Å². The molecule has 2 aliphatic heterocycles. The number of esters is 2. The van der Waals surface area contributed by atoms with Crippen LogP contribution in [0.25, 0.3) is 0 Å². The standard InChI is InChI=1S/C21H22N2O6/c1-28-20(26)15-7-3-4-12-23(18(15)21(27)29-2)14-8-9-17(16(13-14)19(24)25)22-10-5-6-11-22/h3-4,7-9,12-13H,5-6,10-11H2,1-2H3,(H,24,25). The van der Waals surface area contributed by atoms with Crippen molar-refractivity contribution in [3.63, 3.8) is 0 Å². The largest absolute Gasteiger partial charge is 0.478 e. The number of rotatable bonds is 5. The Morgan fingerprint density at radius 1 is 1.00 bits per heavy atom. The fraction of sp³-hybridized carbons (Fsp3) is 0.286. The number of methoxy groups -OCH3 is 2. The highest BCUT2D eigenvalue weighted by molar-refractivity contribution is 6.06. The highest BCUT2D eigenvalue weighted by Crippen LogP contribution is 2.32. The van der Waals surface area contributed by atoms with Crippen LogP contribution in [0.5, 0.6) is 0 Å². The van der Waals surface area contributed by atoms with Crippen molar-refractivity contribution in [2.24, 2.45) is 0 Å². The second-order valence-electron chi connectivity index (χ2n) is 6.52. The molecule has 8 heteroatoms. The van der Waals surface area contributed by atoms with Gasteiger partial charge in [-0.3, -0.25) is 0 Å². The molecule has 0 bridgehead atoms. The molecule has 0 unspecified atom stereocenters. The first kappa shape index (κ1) is 20.2. The smallest absolute Gasteiger partial charge is 0.355 e. The van der Waals surface area contributed by atoms with E-state index in [1.54, 1.807) is 30.5 Å². The molecule has 0 radical (unpaired) electrons. The van der Waals surface area contributed by atoms with Crippen molar-refractivity contribution < 1.29 is 29.0 Å². The van der Waals surface area contributed by atoms with Crippen molar-refractivity contribution in [2.75, 3.05) is 37.1 Å². The van der Waals surface area contributed by atoms with E-state index in [-0.39, 0.29) is 16.8 Å². The predicted octanol–water partition coefficient (Wildman–Crippen LogP) is 2.48. The number of benzene rings is 1. The fourth-order valence-corrected chi connectivity index (χ4v) is 3.44. The van der Waals surface area contributed by atoms with Gasteiger partial charge in [0.25, 0.3) is 0 Å². The Hall–Kier alpha value is -3.55. The highest BCUT2D eigenvalue weighted by Gasteiger charge is 2.29. The summed E-state index contributed by atoms with van der Waals surface area (Å²) in [6.07, 6.45) is 8.26. The summed E-state index contributed by atoms with van der Waals surface area (Å²) >= 11 is 0. The lowest BCUT2D eigenvalue weighted by Gasteiger charge is -2.25. The number of allylic oxidation sites excluding steroid dienone is 2. The minimum Gasteiger partial charge on any atom is -0.478 e. The number of carboxylic acid groups (broad SMARTS) is 1. The molecule has 3 rings (SSSR count). The Balaban J connectivity index is 2.14. The molecule has 1 aromatic carbocycles. The number of carbonyl (C=O) groups excluding carboxylic acids is 2. The third kappa shape index (κ3) is 4.01. The summed E-state index contributed by atoms with van der Waals surface area (Å²) in [7, 11) is 2.42. The second kappa shape index (κ2) is 8.64. The van der Waals surface area contributed by atoms with Crippen LogP contribution >= 0.6 is 0 Å². The summed E-state index contributed by atoms with van der Waals surface area (Å²) in [4.78, 5) is 40.1. The van der Waals surface area contributed by atoms with Crippen molar-refractivity contribution in [3.8, 4) is 0 Å². The number of hydrogen-bond donors (Lipinski definition) is 1. The van der Waals surface area contributed by atoms with E-state index >= 15 is 0 Å². The second-order valence-corrected chi connectivity index (χ2v) is 6.52. The molecule has 152 valence electrons. The lowest BCUT2D eigenvalue weighted by Crippen LogP contribution is -2.27. The minimum atomic E-state index is -1.07. The molecule has 0 saturated carbocycles. The van der Waals surface area contributed by atoms with Crippen LogP contribution in [0.4, 0.5) is 11.4 Å². The highest BCUT2D eigenvalue weighted by atomic mass is 16.5. The van der Waals surface area contributed by atoms with Gasteiger partial charge in [-0.25, -0.2) is 14.4 Å². The van der Waals surface area contributed by atoms with Crippen LogP contribution in [-0.2, 0) is 19.1 Å². The molecule has 0 atom stereocenters. The first-order valence-electron chi connectivity index (χ1n) is 9.15. The summed E-state index contributed by atoms with van der Waals surface area (Å²) in [6.45, 7) is 1.60. The minimum absolute atomic E-state index is 0.00449. The molecule has 1 N–H and O–H groups in total. The molecule has 8 nitrogen and oxygen atoms in total. The Labute approximate surface area is 168 Å². The third-order valence-corrected chi connectivity index (χ3v) is 4.82. The van der Waals surface area contributed by atoms with E-state index in [2.05, 4.69) is 0 Å². The van der Waals surface area contributed by atoms with Crippen LogP contribution < -0.4 is 9.80 Å². The average molecular weight is 398 g/mol. The molecule has 1 saturated heterocycles. The summed E-state index contributed by atoms with van der Waals surface area (Å²) in [5.41, 5.74) is 1.11. The van der Waals surface area contributed by atoms with Gasteiger partial charge in [-0.2, -0.15) is 0 Å². The molecule has 0 amide bonds. The van der Waals surface area contributed by atoms with Crippen LogP contribution in [0, 0.1) is 0 Å². The Kier molecular flexibility index (Phi) is 6.01. The van der Waals surface area contributed by atoms with Gasteiger partial charge in [-0.05, 0) is 43.2 Å². The maximum absolute atomic E-state index is 12.5. The number of aromatic carboxylic acids is 1. The Morgan fingerprint density at radius 3 is 2.31 bits per heavy atom. The molecule has 1 fully saturated rings. The van der Waals surface area contributed by atoms with Gasteiger partial charge < -0.3 is 24.4 Å². The number of carbonyl (C=O) groups is 3.